The zero-order chi connectivity index (χ0) is 23.1. The molecule has 0 aromatic heterocycles. The summed E-state index contributed by atoms with van der Waals surface area (Å²) in [7, 11) is 1.62. The van der Waals surface area contributed by atoms with E-state index in [1.165, 1.54) is 30.0 Å². The van der Waals surface area contributed by atoms with E-state index in [1.54, 1.807) is 26.2 Å². The van der Waals surface area contributed by atoms with Crippen molar-refractivity contribution in [3.8, 4) is 0 Å². The lowest BCUT2D eigenvalue weighted by Gasteiger charge is -2.36. The van der Waals surface area contributed by atoms with Crippen molar-refractivity contribution in [2.75, 3.05) is 32.7 Å². The molecule has 0 amide bonds. The first-order valence-corrected chi connectivity index (χ1v) is 11.9. The monoisotopic (exact) mass is 481 g/mol. The van der Waals surface area contributed by atoms with Gasteiger partial charge in [0.05, 0.1) is 27.8 Å². The lowest BCUT2D eigenvalue weighted by Crippen LogP contribution is -2.35. The van der Waals surface area contributed by atoms with E-state index >= 15 is 0 Å². The van der Waals surface area contributed by atoms with Crippen molar-refractivity contribution in [3.05, 3.63) is 57.9 Å². The van der Waals surface area contributed by atoms with Crippen LogP contribution in [-0.4, -0.2) is 43.6 Å². The summed E-state index contributed by atoms with van der Waals surface area (Å²) in [6.07, 6.45) is 1.26. The number of halogens is 1. The fourth-order valence-electron chi connectivity index (χ4n) is 3.50. The maximum atomic E-state index is 14.5. The van der Waals surface area contributed by atoms with E-state index in [0.29, 0.717) is 40.7 Å². The van der Waals surface area contributed by atoms with E-state index in [9.17, 15) is 19.3 Å². The molecule has 7 nitrogen and oxygen atoms in total. The Kier molecular flexibility index (Phi) is 8.52. The molecule has 172 valence electrons. The number of carbonyl (C=O) groups is 1. The van der Waals surface area contributed by atoms with E-state index in [1.807, 2.05) is 6.07 Å². The molecular formula is C22H24FNO6S2. The Hall–Kier alpha value is -2.14. The number of hydrogen-bond donors (Lipinski definition) is 0. The molecule has 1 aliphatic heterocycles. The van der Waals surface area contributed by atoms with E-state index in [-0.39, 0.29) is 23.9 Å². The minimum Gasteiger partial charge on any atom is -0.465 e. The number of carbonyl (C=O) groups excluding carboxylic acids is 1. The van der Waals surface area contributed by atoms with Crippen molar-refractivity contribution < 1.29 is 28.3 Å². The molecule has 3 rings (SSSR count). The summed E-state index contributed by atoms with van der Waals surface area (Å²) in [5, 5.41) is 11.4. The van der Waals surface area contributed by atoms with E-state index in [4.69, 9.17) is 14.2 Å². The van der Waals surface area contributed by atoms with Gasteiger partial charge in [-0.2, -0.15) is 0 Å². The number of esters is 1. The van der Waals surface area contributed by atoms with Crippen molar-refractivity contribution in [1.29, 1.82) is 0 Å². The molecule has 1 saturated heterocycles. The lowest BCUT2D eigenvalue weighted by molar-refractivity contribution is -0.387. The highest BCUT2D eigenvalue weighted by Gasteiger charge is 2.35. The average Bonchev–Trinajstić information content (AvgIpc) is 2.78. The van der Waals surface area contributed by atoms with Crippen LogP contribution in [0.4, 0.5) is 10.1 Å². The number of nitrogens with zero attached hydrogens (tertiary/aromatic N) is 1. The zero-order valence-electron chi connectivity index (χ0n) is 17.8. The van der Waals surface area contributed by atoms with Gasteiger partial charge in [0.2, 0.25) is 0 Å². The summed E-state index contributed by atoms with van der Waals surface area (Å²) in [5.41, 5.74) is 0.0416. The number of nitro groups is 1. The van der Waals surface area contributed by atoms with Crippen LogP contribution in [0.2, 0.25) is 0 Å². The number of thioether (sulfide) groups is 1. The highest BCUT2D eigenvalue weighted by Crippen LogP contribution is 2.40. The Morgan fingerprint density at radius 2 is 1.97 bits per heavy atom. The van der Waals surface area contributed by atoms with Crippen LogP contribution in [0.3, 0.4) is 0 Å². The van der Waals surface area contributed by atoms with Crippen molar-refractivity contribution in [3.63, 3.8) is 0 Å². The van der Waals surface area contributed by atoms with E-state index in [0.717, 1.165) is 17.3 Å². The topological polar surface area (TPSA) is 87.9 Å². The molecule has 32 heavy (non-hydrogen) atoms. The summed E-state index contributed by atoms with van der Waals surface area (Å²) in [6.45, 7) is 3.02. The molecule has 0 aliphatic carbocycles. The summed E-state index contributed by atoms with van der Waals surface area (Å²) in [5.74, 6) is -0.863. The zero-order valence-corrected chi connectivity index (χ0v) is 19.4. The first-order valence-electron chi connectivity index (χ1n) is 10.1. The van der Waals surface area contributed by atoms with Crippen molar-refractivity contribution in [2.24, 2.45) is 0 Å². The van der Waals surface area contributed by atoms with Gasteiger partial charge in [-0.1, -0.05) is 11.8 Å². The standard InChI is InChI=1S/C22H24FNO6S2/c1-3-30-21(25)14-31-20-13-17(4-5-19(20)24(26)27)32-18-11-15(10-16(23)12-18)22(28-2)6-8-29-9-7-22/h4-5,10-13H,3,6-9,14H2,1-2H3. The Morgan fingerprint density at radius 3 is 2.62 bits per heavy atom. The van der Waals surface area contributed by atoms with Crippen LogP contribution in [0.25, 0.3) is 0 Å². The van der Waals surface area contributed by atoms with Gasteiger partial charge >= 0.3 is 5.97 Å². The molecule has 2 aromatic rings. The van der Waals surface area contributed by atoms with Crippen molar-refractivity contribution in [1.82, 2.24) is 0 Å². The summed E-state index contributed by atoms with van der Waals surface area (Å²) < 4.78 is 30.6. The van der Waals surface area contributed by atoms with Crippen LogP contribution in [0.5, 0.6) is 0 Å². The molecular weight excluding hydrogens is 457 g/mol. The van der Waals surface area contributed by atoms with Crippen molar-refractivity contribution in [2.45, 2.75) is 40.1 Å². The van der Waals surface area contributed by atoms with Gasteiger partial charge in [0.15, 0.2) is 0 Å². The molecule has 0 radical (unpaired) electrons. The molecule has 1 heterocycles. The third-order valence-corrected chi connectivity index (χ3v) is 7.08. The number of rotatable bonds is 9. The van der Waals surface area contributed by atoms with Crippen LogP contribution < -0.4 is 0 Å². The third kappa shape index (κ3) is 6.00. The fourth-order valence-corrected chi connectivity index (χ4v) is 5.37. The molecule has 2 aromatic carbocycles. The van der Waals surface area contributed by atoms with Gasteiger partial charge in [-0.25, -0.2) is 4.39 Å². The molecule has 0 saturated carbocycles. The minimum atomic E-state index is -0.605. The first-order chi connectivity index (χ1) is 15.4. The van der Waals surface area contributed by atoms with Gasteiger partial charge in [0.1, 0.15) is 5.82 Å². The second-order valence-corrected chi connectivity index (χ2v) is 9.23. The number of benzene rings is 2. The Labute approximate surface area is 194 Å². The average molecular weight is 482 g/mol. The summed E-state index contributed by atoms with van der Waals surface area (Å²) in [4.78, 5) is 24.3. The van der Waals surface area contributed by atoms with E-state index < -0.39 is 16.5 Å². The van der Waals surface area contributed by atoms with Crippen LogP contribution in [0.15, 0.2) is 51.1 Å². The molecule has 1 fully saturated rings. The maximum Gasteiger partial charge on any atom is 0.316 e. The quantitative estimate of drug-likeness (QED) is 0.209. The highest BCUT2D eigenvalue weighted by atomic mass is 32.2. The number of methoxy groups -OCH3 is 1. The number of ether oxygens (including phenoxy) is 3. The molecule has 0 N–H and O–H groups in total. The van der Waals surface area contributed by atoms with Gasteiger partial charge in [-0.15, -0.1) is 11.8 Å². The maximum absolute atomic E-state index is 14.5. The fraction of sp³-hybridized carbons (Fsp3) is 0.409. The van der Waals surface area contributed by atoms with Gasteiger partial charge in [0.25, 0.3) is 5.69 Å². The second kappa shape index (κ2) is 11.1. The number of nitro benzene ring substituents is 1. The van der Waals surface area contributed by atoms with Crippen LogP contribution in [0, 0.1) is 15.9 Å². The molecule has 0 bridgehead atoms. The van der Waals surface area contributed by atoms with Crippen LogP contribution >= 0.6 is 23.5 Å². The summed E-state index contributed by atoms with van der Waals surface area (Å²) in [6, 6.07) is 9.43. The SMILES string of the molecule is CCOC(=O)CSc1cc(Sc2cc(F)cc(C3(OC)CCOCC3)c2)ccc1[N+](=O)[O-]. The number of hydrogen-bond acceptors (Lipinski definition) is 8. The molecule has 1 aliphatic rings. The van der Waals surface area contributed by atoms with Crippen molar-refractivity contribution >= 4 is 35.2 Å². The van der Waals surface area contributed by atoms with Gasteiger partial charge < -0.3 is 14.2 Å². The van der Waals surface area contributed by atoms with Crippen LogP contribution in [0.1, 0.15) is 25.3 Å². The van der Waals surface area contributed by atoms with E-state index in [2.05, 4.69) is 0 Å². The van der Waals surface area contributed by atoms with Crippen LogP contribution in [-0.2, 0) is 24.6 Å². The van der Waals surface area contributed by atoms with Gasteiger partial charge in [-0.3, -0.25) is 14.9 Å². The second-order valence-electron chi connectivity index (χ2n) is 7.07. The lowest BCUT2D eigenvalue weighted by atomic mass is 9.86. The van der Waals surface area contributed by atoms with Gasteiger partial charge in [0, 0.05) is 49.0 Å². The smallest absolute Gasteiger partial charge is 0.316 e. The Morgan fingerprint density at radius 1 is 1.22 bits per heavy atom. The Balaban J connectivity index is 1.86. The molecule has 0 atom stereocenters. The normalized spacial score (nSPS) is 15.3. The third-order valence-electron chi connectivity index (χ3n) is 5.10. The summed E-state index contributed by atoms with van der Waals surface area (Å²) >= 11 is 2.33. The minimum absolute atomic E-state index is 0.0364. The molecule has 10 heteroatoms. The highest BCUT2D eigenvalue weighted by molar-refractivity contribution is 8.00. The van der Waals surface area contributed by atoms with Gasteiger partial charge in [-0.05, 0) is 42.8 Å². The molecule has 0 unspecified atom stereocenters. The first kappa shape index (κ1) is 24.5. The predicted octanol–water partition coefficient (Wildman–Crippen LogP) is 5.19. The Bertz CT molecular complexity index is 981. The largest absolute Gasteiger partial charge is 0.465 e. The molecule has 0 spiro atoms. The predicted molar refractivity (Wildman–Crippen MR) is 120 cm³/mol.